The van der Waals surface area contributed by atoms with Gasteiger partial charge >= 0.3 is 0 Å². The first-order valence-electron chi connectivity index (χ1n) is 17.2. The molecule has 6 rings (SSSR count). The van der Waals surface area contributed by atoms with Crippen molar-refractivity contribution in [1.29, 1.82) is 0 Å². The van der Waals surface area contributed by atoms with Gasteiger partial charge in [-0.3, -0.25) is 24.5 Å². The summed E-state index contributed by atoms with van der Waals surface area (Å²) in [5.41, 5.74) is 2.49. The van der Waals surface area contributed by atoms with Gasteiger partial charge in [0.1, 0.15) is 29.2 Å². The molecule has 1 saturated heterocycles. The number of imidazole rings is 1. The molecule has 12 nitrogen and oxygen atoms in total. The highest BCUT2D eigenvalue weighted by Crippen LogP contribution is 2.42. The fraction of sp³-hybridized carbons (Fsp3) is 0.359. The molecule has 1 unspecified atom stereocenters. The summed E-state index contributed by atoms with van der Waals surface area (Å²) >= 11 is 0. The van der Waals surface area contributed by atoms with E-state index in [2.05, 4.69) is 20.3 Å². The molecule has 3 N–H and O–H groups in total. The van der Waals surface area contributed by atoms with Crippen molar-refractivity contribution in [2.45, 2.75) is 76.9 Å². The van der Waals surface area contributed by atoms with Gasteiger partial charge in [-0.05, 0) is 73.9 Å². The number of Topliss-reactive ketones (excluding diaryl/α,β-unsaturated/α-hetero) is 1. The summed E-state index contributed by atoms with van der Waals surface area (Å²) in [6.07, 6.45) is 2.31. The molecule has 0 radical (unpaired) electrons. The largest absolute Gasteiger partial charge is 0.497 e. The number of aromatic amines is 1. The van der Waals surface area contributed by atoms with Gasteiger partial charge in [-0.25, -0.2) is 4.98 Å². The molecule has 266 valence electrons. The topological polar surface area (TPSA) is 158 Å². The Morgan fingerprint density at radius 3 is 2.29 bits per heavy atom. The SMILES string of the molecule is COc1ccc(C(OC[C@@H]2CC[C@H](n3c(C)nc4c(=O)[nH]c(NC(=O)CCCCC(C)=O)nc43)O2)(c2ccccc2)c2ccc(CO)cc2)cc1. The van der Waals surface area contributed by atoms with Gasteiger partial charge in [0.05, 0.1) is 26.4 Å². The average Bonchev–Trinajstić information content (AvgIpc) is 3.74. The van der Waals surface area contributed by atoms with Crippen LogP contribution in [-0.4, -0.2) is 56.1 Å². The van der Waals surface area contributed by atoms with Crippen molar-refractivity contribution >= 4 is 28.8 Å². The maximum atomic E-state index is 13.0. The Morgan fingerprint density at radius 2 is 1.63 bits per heavy atom. The number of fused-ring (bicyclic) bond motifs is 1. The number of unbranched alkanes of at least 4 members (excludes halogenated alkanes) is 1. The van der Waals surface area contributed by atoms with Crippen LogP contribution in [0.5, 0.6) is 5.75 Å². The molecule has 0 saturated carbocycles. The fourth-order valence-corrected chi connectivity index (χ4v) is 6.66. The molecular weight excluding hydrogens is 650 g/mol. The van der Waals surface area contributed by atoms with E-state index in [-0.39, 0.29) is 48.9 Å². The number of H-pyrrole nitrogens is 1. The quantitative estimate of drug-likeness (QED) is 0.0924. The van der Waals surface area contributed by atoms with Gasteiger partial charge in [0.2, 0.25) is 11.9 Å². The van der Waals surface area contributed by atoms with Gasteiger partial charge in [0, 0.05) is 12.8 Å². The van der Waals surface area contributed by atoms with Gasteiger partial charge in [-0.2, -0.15) is 4.98 Å². The Hall–Kier alpha value is -5.17. The molecule has 1 aliphatic rings. The van der Waals surface area contributed by atoms with E-state index < -0.39 is 17.4 Å². The van der Waals surface area contributed by atoms with E-state index in [1.807, 2.05) is 78.9 Å². The van der Waals surface area contributed by atoms with E-state index in [4.69, 9.17) is 14.2 Å². The number of aliphatic hydroxyl groups is 1. The van der Waals surface area contributed by atoms with E-state index in [0.29, 0.717) is 43.6 Å². The van der Waals surface area contributed by atoms with Gasteiger partial charge < -0.3 is 24.1 Å². The number of carbonyl (C=O) groups excluding carboxylic acids is 2. The second-order valence-corrected chi connectivity index (χ2v) is 12.8. The number of ether oxygens (including phenoxy) is 3. The second-order valence-electron chi connectivity index (χ2n) is 12.8. The third-order valence-electron chi connectivity index (χ3n) is 9.25. The van der Waals surface area contributed by atoms with Gasteiger partial charge in [-0.1, -0.05) is 66.7 Å². The number of hydrogen-bond acceptors (Lipinski definition) is 9. The van der Waals surface area contributed by atoms with Crippen LogP contribution in [0.2, 0.25) is 0 Å². The van der Waals surface area contributed by atoms with E-state index in [1.54, 1.807) is 18.6 Å². The van der Waals surface area contributed by atoms with Crippen LogP contribution in [-0.2, 0) is 31.3 Å². The number of aryl methyl sites for hydroxylation is 1. The number of methoxy groups -OCH3 is 1. The normalized spacial score (nSPS) is 16.9. The number of carbonyl (C=O) groups is 2. The van der Waals surface area contributed by atoms with Crippen LogP contribution in [0.25, 0.3) is 11.2 Å². The maximum absolute atomic E-state index is 13.0. The molecule has 51 heavy (non-hydrogen) atoms. The molecule has 5 aromatic rings. The van der Waals surface area contributed by atoms with E-state index in [9.17, 15) is 19.5 Å². The third-order valence-corrected chi connectivity index (χ3v) is 9.25. The lowest BCUT2D eigenvalue weighted by molar-refractivity contribution is -0.118. The molecular formula is C39H43N5O7. The highest BCUT2D eigenvalue weighted by atomic mass is 16.6. The summed E-state index contributed by atoms with van der Waals surface area (Å²) in [6, 6.07) is 25.6. The zero-order valence-electron chi connectivity index (χ0n) is 29.1. The molecule has 1 amide bonds. The highest BCUT2D eigenvalue weighted by molar-refractivity contribution is 5.89. The molecule has 2 aromatic heterocycles. The predicted octanol–water partition coefficient (Wildman–Crippen LogP) is 5.70. The summed E-state index contributed by atoms with van der Waals surface area (Å²) in [6.45, 7) is 3.49. The maximum Gasteiger partial charge on any atom is 0.280 e. The Labute approximate surface area is 295 Å². The third kappa shape index (κ3) is 7.78. The number of rotatable bonds is 15. The minimum absolute atomic E-state index is 0.0300. The van der Waals surface area contributed by atoms with Crippen LogP contribution in [0.3, 0.4) is 0 Å². The van der Waals surface area contributed by atoms with Crippen molar-refractivity contribution in [1.82, 2.24) is 19.5 Å². The lowest BCUT2D eigenvalue weighted by Gasteiger charge is -2.37. The van der Waals surface area contributed by atoms with Crippen LogP contribution < -0.4 is 15.6 Å². The first-order valence-corrected chi connectivity index (χ1v) is 17.2. The highest BCUT2D eigenvalue weighted by Gasteiger charge is 2.40. The monoisotopic (exact) mass is 693 g/mol. The van der Waals surface area contributed by atoms with Crippen LogP contribution >= 0.6 is 0 Å². The number of benzene rings is 3. The summed E-state index contributed by atoms with van der Waals surface area (Å²) in [5, 5.41) is 12.4. The number of nitrogens with one attached hydrogen (secondary N) is 2. The molecule has 12 heteroatoms. The number of aliphatic hydroxyl groups excluding tert-OH is 1. The number of hydrogen-bond donors (Lipinski definition) is 3. The van der Waals surface area contributed by atoms with Crippen molar-refractivity contribution in [2.75, 3.05) is 19.0 Å². The van der Waals surface area contributed by atoms with Crippen molar-refractivity contribution in [3.05, 3.63) is 117 Å². The molecule has 3 atom stereocenters. The zero-order valence-corrected chi connectivity index (χ0v) is 29.1. The Bertz CT molecular complexity index is 1980. The van der Waals surface area contributed by atoms with Crippen molar-refractivity contribution in [3.63, 3.8) is 0 Å². The van der Waals surface area contributed by atoms with Crippen molar-refractivity contribution in [3.8, 4) is 5.75 Å². The first-order chi connectivity index (χ1) is 24.7. The van der Waals surface area contributed by atoms with Crippen LogP contribution in [0.1, 0.15) is 79.8 Å². The van der Waals surface area contributed by atoms with Crippen LogP contribution in [0, 0.1) is 6.92 Å². The fourth-order valence-electron chi connectivity index (χ4n) is 6.66. The number of amides is 1. The Kier molecular flexibility index (Phi) is 11.0. The molecule has 0 spiro atoms. The molecule has 3 heterocycles. The van der Waals surface area contributed by atoms with Crippen LogP contribution in [0.15, 0.2) is 83.7 Å². The van der Waals surface area contributed by atoms with Gasteiger partial charge in [0.15, 0.2) is 11.2 Å². The second kappa shape index (κ2) is 15.8. The van der Waals surface area contributed by atoms with Crippen LogP contribution in [0.4, 0.5) is 5.95 Å². The minimum Gasteiger partial charge on any atom is -0.497 e. The summed E-state index contributed by atoms with van der Waals surface area (Å²) in [5.74, 6) is 1.09. The summed E-state index contributed by atoms with van der Waals surface area (Å²) in [4.78, 5) is 48.5. The Balaban J connectivity index is 1.26. The Morgan fingerprint density at radius 1 is 0.961 bits per heavy atom. The zero-order chi connectivity index (χ0) is 36.0. The van der Waals surface area contributed by atoms with E-state index in [1.165, 1.54) is 6.92 Å². The number of nitrogens with zero attached hydrogens (tertiary/aromatic N) is 3. The van der Waals surface area contributed by atoms with Gasteiger partial charge in [0.25, 0.3) is 5.56 Å². The summed E-state index contributed by atoms with van der Waals surface area (Å²) < 4.78 is 20.9. The van der Waals surface area contributed by atoms with Crippen molar-refractivity contribution < 1.29 is 28.9 Å². The standard InChI is InChI=1S/C39H43N5O7/c1-25(46)9-7-8-12-33(47)41-38-42-36-35(37(48)43-38)40-26(2)44(36)34-22-21-32(51-34)24-50-39(28-10-5-4-6-11-28,29-15-13-27(23-45)14-16-29)30-17-19-31(49-3)20-18-30/h4-6,10-11,13-20,32,34,45H,7-9,12,21-24H2,1-3H3,(H2,41,42,43,47,48)/t32-,34+,39?/m0/s1. The predicted molar refractivity (Wildman–Crippen MR) is 191 cm³/mol. The molecule has 0 aliphatic carbocycles. The lowest BCUT2D eigenvalue weighted by Crippen LogP contribution is -2.35. The van der Waals surface area contributed by atoms with Crippen molar-refractivity contribution in [2.24, 2.45) is 0 Å². The van der Waals surface area contributed by atoms with E-state index in [0.717, 1.165) is 28.0 Å². The minimum atomic E-state index is -1.02. The number of ketones is 1. The smallest absolute Gasteiger partial charge is 0.280 e. The average molecular weight is 694 g/mol. The molecule has 0 bridgehead atoms. The molecule has 1 aliphatic heterocycles. The molecule has 1 fully saturated rings. The number of anilines is 1. The lowest BCUT2D eigenvalue weighted by atomic mass is 9.79. The van der Waals surface area contributed by atoms with Gasteiger partial charge in [-0.15, -0.1) is 0 Å². The summed E-state index contributed by atoms with van der Waals surface area (Å²) in [7, 11) is 1.63. The number of aromatic nitrogens is 4. The van der Waals surface area contributed by atoms with E-state index >= 15 is 0 Å². The molecule has 3 aromatic carbocycles. The first kappa shape index (κ1) is 35.6.